The maximum absolute atomic E-state index is 11.7. The van der Waals surface area contributed by atoms with Gasteiger partial charge in [0.1, 0.15) is 0 Å². The number of hydrogen-bond acceptors (Lipinski definition) is 3. The molecule has 1 aromatic rings. The lowest BCUT2D eigenvalue weighted by Crippen LogP contribution is -2.43. The van der Waals surface area contributed by atoms with Crippen molar-refractivity contribution in [2.45, 2.75) is 19.4 Å². The molecule has 0 fully saturated rings. The highest BCUT2D eigenvalue weighted by molar-refractivity contribution is 6.28. The van der Waals surface area contributed by atoms with Crippen molar-refractivity contribution in [2.24, 2.45) is 0 Å². The third kappa shape index (κ3) is 4.75. The van der Waals surface area contributed by atoms with Gasteiger partial charge >= 0.3 is 6.09 Å². The van der Waals surface area contributed by atoms with Gasteiger partial charge in [-0.2, -0.15) is 0 Å². The van der Waals surface area contributed by atoms with E-state index in [2.05, 4.69) is 5.32 Å². The average Bonchev–Trinajstić information content (AvgIpc) is 2.38. The predicted octanol–water partition coefficient (Wildman–Crippen LogP) is 2.15. The first-order valence-corrected chi connectivity index (χ1v) is 6.26. The summed E-state index contributed by atoms with van der Waals surface area (Å²) < 4.78 is 4.76. The van der Waals surface area contributed by atoms with Gasteiger partial charge in [0.2, 0.25) is 0 Å². The molecule has 1 amide bonds. The second-order valence-electron chi connectivity index (χ2n) is 3.71. The van der Waals surface area contributed by atoms with E-state index in [-0.39, 0.29) is 18.3 Å². The fourth-order valence-corrected chi connectivity index (χ4v) is 1.69. The van der Waals surface area contributed by atoms with E-state index in [4.69, 9.17) is 16.3 Å². The fourth-order valence-electron chi connectivity index (χ4n) is 1.50. The molecule has 0 aliphatic rings. The van der Waals surface area contributed by atoms with Gasteiger partial charge in [-0.15, -0.1) is 11.6 Å². The number of carbonyl (C=O) groups excluding carboxylic acids is 2. The Morgan fingerprint density at radius 3 is 2.56 bits per heavy atom. The summed E-state index contributed by atoms with van der Waals surface area (Å²) in [6.45, 7) is 1.97. The third-order valence-corrected chi connectivity index (χ3v) is 2.63. The molecule has 0 aromatic heterocycles. The van der Waals surface area contributed by atoms with Crippen LogP contribution >= 0.6 is 11.6 Å². The van der Waals surface area contributed by atoms with Gasteiger partial charge in [-0.25, -0.2) is 4.79 Å². The monoisotopic (exact) mass is 269 g/mol. The summed E-state index contributed by atoms with van der Waals surface area (Å²) in [4.78, 5) is 23.0. The molecule has 0 saturated heterocycles. The number of hydrogen-bond donors (Lipinski definition) is 1. The minimum Gasteiger partial charge on any atom is -0.450 e. The summed E-state index contributed by atoms with van der Waals surface area (Å²) in [5, 5.41) is 2.52. The van der Waals surface area contributed by atoms with E-state index in [1.165, 1.54) is 0 Å². The van der Waals surface area contributed by atoms with Gasteiger partial charge in [0.05, 0.1) is 18.5 Å². The summed E-state index contributed by atoms with van der Waals surface area (Å²) >= 11 is 5.53. The van der Waals surface area contributed by atoms with Crippen LogP contribution in [0.25, 0.3) is 0 Å². The van der Waals surface area contributed by atoms with Gasteiger partial charge < -0.3 is 10.1 Å². The average molecular weight is 270 g/mol. The molecule has 0 aliphatic heterocycles. The molecule has 0 radical (unpaired) electrons. The molecule has 1 N–H and O–H groups in total. The number of nitrogens with one attached hydrogen (secondary N) is 1. The highest BCUT2D eigenvalue weighted by atomic mass is 35.5. The van der Waals surface area contributed by atoms with Crippen molar-refractivity contribution in [1.29, 1.82) is 0 Å². The Balaban J connectivity index is 2.67. The number of alkyl halides is 1. The van der Waals surface area contributed by atoms with Crippen LogP contribution in [0.3, 0.4) is 0 Å². The molecule has 0 aliphatic carbocycles. The number of carbonyl (C=O) groups is 2. The van der Waals surface area contributed by atoms with E-state index in [0.717, 1.165) is 5.56 Å². The molecule has 5 heteroatoms. The molecule has 0 bridgehead atoms. The van der Waals surface area contributed by atoms with Crippen molar-refractivity contribution in [1.82, 2.24) is 5.32 Å². The summed E-state index contributed by atoms with van der Waals surface area (Å²) in [6.07, 6.45) is -0.192. The van der Waals surface area contributed by atoms with Crippen LogP contribution in [0.15, 0.2) is 30.3 Å². The minimum atomic E-state index is -0.649. The Hall–Kier alpha value is -1.55. The highest BCUT2D eigenvalue weighted by Crippen LogP contribution is 2.05. The summed E-state index contributed by atoms with van der Waals surface area (Å²) in [6, 6.07) is 8.77. The van der Waals surface area contributed by atoms with Gasteiger partial charge in [0.25, 0.3) is 0 Å². The van der Waals surface area contributed by atoms with Crippen LogP contribution in [0.1, 0.15) is 12.5 Å². The van der Waals surface area contributed by atoms with Crippen LogP contribution in [0.5, 0.6) is 0 Å². The molecule has 0 unspecified atom stereocenters. The molecule has 1 rings (SSSR count). The first-order valence-electron chi connectivity index (χ1n) is 5.73. The second-order valence-corrected chi connectivity index (χ2v) is 3.97. The normalized spacial score (nSPS) is 11.7. The number of Topliss-reactive ketones (excluding diaryl/α,β-unsaturated/α-hetero) is 1. The summed E-state index contributed by atoms with van der Waals surface area (Å²) in [5.74, 6) is -0.363. The van der Waals surface area contributed by atoms with E-state index in [0.29, 0.717) is 6.42 Å². The molecule has 0 heterocycles. The zero-order valence-corrected chi connectivity index (χ0v) is 10.9. The van der Waals surface area contributed by atoms with Crippen molar-refractivity contribution in [3.05, 3.63) is 35.9 Å². The van der Waals surface area contributed by atoms with Gasteiger partial charge in [-0.05, 0) is 18.9 Å². The lowest BCUT2D eigenvalue weighted by atomic mass is 10.0. The predicted molar refractivity (Wildman–Crippen MR) is 69.8 cm³/mol. The van der Waals surface area contributed by atoms with Gasteiger partial charge in [-0.1, -0.05) is 30.3 Å². The zero-order chi connectivity index (χ0) is 13.4. The Labute approximate surface area is 111 Å². The van der Waals surface area contributed by atoms with E-state index >= 15 is 0 Å². The quantitative estimate of drug-likeness (QED) is 0.805. The van der Waals surface area contributed by atoms with Gasteiger partial charge in [0, 0.05) is 0 Å². The van der Waals surface area contributed by atoms with Crippen molar-refractivity contribution < 1.29 is 14.3 Å². The van der Waals surface area contributed by atoms with E-state index < -0.39 is 12.1 Å². The zero-order valence-electron chi connectivity index (χ0n) is 10.2. The lowest BCUT2D eigenvalue weighted by Gasteiger charge is -2.16. The lowest BCUT2D eigenvalue weighted by molar-refractivity contribution is -0.118. The van der Waals surface area contributed by atoms with Crippen LogP contribution in [-0.2, 0) is 16.0 Å². The first kappa shape index (κ1) is 14.5. The van der Waals surface area contributed by atoms with Crippen molar-refractivity contribution in [3.63, 3.8) is 0 Å². The number of amides is 1. The number of benzene rings is 1. The van der Waals surface area contributed by atoms with Crippen LogP contribution in [-0.4, -0.2) is 30.4 Å². The second kappa shape index (κ2) is 7.71. The maximum atomic E-state index is 11.7. The minimum absolute atomic E-state index is 0.135. The Morgan fingerprint density at radius 1 is 1.33 bits per heavy atom. The maximum Gasteiger partial charge on any atom is 0.407 e. The van der Waals surface area contributed by atoms with Crippen molar-refractivity contribution >= 4 is 23.5 Å². The molecule has 98 valence electrons. The van der Waals surface area contributed by atoms with Crippen LogP contribution < -0.4 is 5.32 Å². The largest absolute Gasteiger partial charge is 0.450 e. The molecular formula is C13H16ClNO3. The molecular weight excluding hydrogens is 254 g/mol. The summed E-state index contributed by atoms with van der Waals surface area (Å²) in [7, 11) is 0. The van der Waals surface area contributed by atoms with Crippen LogP contribution in [0.2, 0.25) is 0 Å². The SMILES string of the molecule is CCOC(=O)N[C@H](Cc1ccccc1)C(=O)CCl. The number of halogens is 1. The Kier molecular flexibility index (Phi) is 6.22. The first-order chi connectivity index (χ1) is 8.67. The number of rotatable bonds is 6. The van der Waals surface area contributed by atoms with Crippen molar-refractivity contribution in [2.75, 3.05) is 12.5 Å². The van der Waals surface area contributed by atoms with E-state index in [9.17, 15) is 9.59 Å². The number of ether oxygens (including phenoxy) is 1. The molecule has 4 nitrogen and oxygen atoms in total. The van der Waals surface area contributed by atoms with Crippen LogP contribution in [0, 0.1) is 0 Å². The van der Waals surface area contributed by atoms with E-state index in [1.54, 1.807) is 6.92 Å². The Bertz CT molecular complexity index is 394. The Morgan fingerprint density at radius 2 is 2.00 bits per heavy atom. The third-order valence-electron chi connectivity index (χ3n) is 2.37. The molecule has 1 atom stereocenters. The fraction of sp³-hybridized carbons (Fsp3) is 0.385. The summed E-state index contributed by atoms with van der Waals surface area (Å²) in [5.41, 5.74) is 0.956. The molecule has 0 spiro atoms. The molecule has 1 aromatic carbocycles. The highest BCUT2D eigenvalue weighted by Gasteiger charge is 2.20. The standard InChI is InChI=1S/C13H16ClNO3/c1-2-18-13(17)15-11(12(16)9-14)8-10-6-4-3-5-7-10/h3-7,11H,2,8-9H2,1H3,(H,15,17)/t11-/m1/s1. The smallest absolute Gasteiger partial charge is 0.407 e. The van der Waals surface area contributed by atoms with Gasteiger partial charge in [0.15, 0.2) is 5.78 Å². The van der Waals surface area contributed by atoms with E-state index in [1.807, 2.05) is 30.3 Å². The van der Waals surface area contributed by atoms with Crippen LogP contribution in [0.4, 0.5) is 4.79 Å². The van der Waals surface area contributed by atoms with Crippen molar-refractivity contribution in [3.8, 4) is 0 Å². The molecule has 18 heavy (non-hydrogen) atoms. The molecule has 0 saturated carbocycles. The number of ketones is 1. The topological polar surface area (TPSA) is 55.4 Å². The van der Waals surface area contributed by atoms with Gasteiger partial charge in [-0.3, -0.25) is 4.79 Å². The number of alkyl carbamates (subject to hydrolysis) is 1.